The van der Waals surface area contributed by atoms with E-state index in [1.54, 1.807) is 6.07 Å². The molecule has 1 aromatic carbocycles. The largest absolute Gasteiger partial charge is 0.357 e. The second-order valence-electron chi connectivity index (χ2n) is 6.24. The molecule has 2 N–H and O–H groups in total. The normalized spacial score (nSPS) is 13.1. The van der Waals surface area contributed by atoms with Crippen molar-refractivity contribution >= 4 is 29.2 Å². The van der Waals surface area contributed by atoms with Gasteiger partial charge in [-0.3, -0.25) is 4.68 Å². The number of rotatable bonds is 7. The smallest absolute Gasteiger partial charge is 0.191 e. The van der Waals surface area contributed by atoms with Gasteiger partial charge in [0.1, 0.15) is 0 Å². The molecular weight excluding hydrogens is 371 g/mol. The number of guanidine groups is 1. The van der Waals surface area contributed by atoms with Crippen molar-refractivity contribution in [3.63, 3.8) is 0 Å². The van der Waals surface area contributed by atoms with Gasteiger partial charge in [0, 0.05) is 41.9 Å². The van der Waals surface area contributed by atoms with Crippen LogP contribution in [0.5, 0.6) is 0 Å². The predicted octanol–water partition coefficient (Wildman–Crippen LogP) is 3.08. The zero-order valence-corrected chi connectivity index (χ0v) is 17.1. The maximum Gasteiger partial charge on any atom is 0.191 e. The van der Waals surface area contributed by atoms with Gasteiger partial charge < -0.3 is 15.5 Å². The third-order valence-electron chi connectivity index (χ3n) is 3.96. The Morgan fingerprint density at radius 2 is 2.08 bits per heavy atom. The first kappa shape index (κ1) is 20.6. The monoisotopic (exact) mass is 396 g/mol. The van der Waals surface area contributed by atoms with Crippen molar-refractivity contribution in [2.24, 2.45) is 12.0 Å². The molecule has 1 atom stereocenters. The van der Waals surface area contributed by atoms with E-state index in [4.69, 9.17) is 23.2 Å². The minimum absolute atomic E-state index is 0.187. The third-order valence-corrected chi connectivity index (χ3v) is 4.55. The van der Waals surface area contributed by atoms with E-state index in [-0.39, 0.29) is 6.04 Å². The summed E-state index contributed by atoms with van der Waals surface area (Å²) in [4.78, 5) is 6.79. The second kappa shape index (κ2) is 9.80. The van der Waals surface area contributed by atoms with Crippen LogP contribution in [0.4, 0.5) is 0 Å². The van der Waals surface area contributed by atoms with Crippen LogP contribution < -0.4 is 10.6 Å². The highest BCUT2D eigenvalue weighted by Crippen LogP contribution is 2.21. The molecule has 0 saturated carbocycles. The number of hydrogen-bond donors (Lipinski definition) is 2. The number of benzene rings is 1. The Morgan fingerprint density at radius 3 is 2.65 bits per heavy atom. The Balaban J connectivity index is 2.06. The summed E-state index contributed by atoms with van der Waals surface area (Å²) in [5.41, 5.74) is 2.09. The van der Waals surface area contributed by atoms with Gasteiger partial charge in [-0.1, -0.05) is 29.3 Å². The van der Waals surface area contributed by atoms with Crippen LogP contribution in [0.2, 0.25) is 10.0 Å². The van der Waals surface area contributed by atoms with Crippen LogP contribution in [0.25, 0.3) is 0 Å². The Bertz CT molecular complexity index is 741. The molecule has 0 aliphatic rings. The third kappa shape index (κ3) is 5.90. The topological polar surface area (TPSA) is 57.5 Å². The summed E-state index contributed by atoms with van der Waals surface area (Å²) in [7, 11) is 6.03. The lowest BCUT2D eigenvalue weighted by atomic mass is 10.1. The first-order valence-corrected chi connectivity index (χ1v) is 9.27. The van der Waals surface area contributed by atoms with Crippen LogP contribution >= 0.6 is 23.2 Å². The van der Waals surface area contributed by atoms with Gasteiger partial charge in [-0.05, 0) is 38.7 Å². The first-order chi connectivity index (χ1) is 12.4. The quantitative estimate of drug-likeness (QED) is 0.557. The molecule has 2 aromatic rings. The lowest BCUT2D eigenvalue weighted by Crippen LogP contribution is -2.41. The fourth-order valence-corrected chi connectivity index (χ4v) is 3.03. The number of aliphatic imine (C=N–C) groups is 1. The van der Waals surface area contributed by atoms with Gasteiger partial charge in [-0.25, -0.2) is 4.99 Å². The molecule has 0 bridgehead atoms. The van der Waals surface area contributed by atoms with Crippen LogP contribution in [0, 0.1) is 0 Å². The molecule has 1 unspecified atom stereocenters. The number of aryl methyl sites for hydroxylation is 1. The molecule has 0 saturated heterocycles. The molecule has 0 fully saturated rings. The fourth-order valence-electron chi connectivity index (χ4n) is 2.56. The molecule has 0 radical (unpaired) electrons. The van der Waals surface area contributed by atoms with Gasteiger partial charge in [0.2, 0.25) is 0 Å². The standard InChI is InChI=1S/C18H26Cl2N6/c1-5-21-18(22-9-13-6-7-15(19)8-16(13)20)23-11-17(25(2)3)14-10-24-26(4)12-14/h6-8,10,12,17H,5,9,11H2,1-4H3,(H2,21,22,23). The number of likely N-dealkylation sites (N-methyl/N-ethyl adjacent to an activating group) is 1. The Hall–Kier alpha value is -1.76. The molecule has 8 heteroatoms. The number of nitrogens with zero attached hydrogens (tertiary/aromatic N) is 4. The Labute approximate surface area is 165 Å². The molecule has 2 rings (SSSR count). The van der Waals surface area contributed by atoms with Crippen LogP contribution in [0.1, 0.15) is 24.1 Å². The molecule has 1 aromatic heterocycles. The van der Waals surface area contributed by atoms with E-state index < -0.39 is 0 Å². The number of nitrogens with one attached hydrogen (secondary N) is 2. The molecule has 6 nitrogen and oxygen atoms in total. The van der Waals surface area contributed by atoms with Gasteiger partial charge in [0.15, 0.2) is 5.96 Å². The average Bonchev–Trinajstić information content (AvgIpc) is 2.99. The average molecular weight is 397 g/mol. The van der Waals surface area contributed by atoms with Crippen molar-refractivity contribution in [1.29, 1.82) is 0 Å². The van der Waals surface area contributed by atoms with Crippen molar-refractivity contribution in [3.8, 4) is 0 Å². The highest BCUT2D eigenvalue weighted by Gasteiger charge is 2.16. The lowest BCUT2D eigenvalue weighted by molar-refractivity contribution is 0.298. The number of aromatic nitrogens is 2. The summed E-state index contributed by atoms with van der Waals surface area (Å²) in [6, 6.07) is 5.64. The van der Waals surface area contributed by atoms with E-state index >= 15 is 0 Å². The minimum atomic E-state index is 0.187. The number of halogens is 2. The van der Waals surface area contributed by atoms with Crippen molar-refractivity contribution in [3.05, 3.63) is 51.8 Å². The molecule has 0 aliphatic heterocycles. The molecule has 0 spiro atoms. The van der Waals surface area contributed by atoms with Crippen LogP contribution in [-0.2, 0) is 13.6 Å². The highest BCUT2D eigenvalue weighted by molar-refractivity contribution is 6.35. The summed E-state index contributed by atoms with van der Waals surface area (Å²) in [5, 5.41) is 12.2. The van der Waals surface area contributed by atoms with Crippen molar-refractivity contribution in [2.75, 3.05) is 27.2 Å². The fraction of sp³-hybridized carbons (Fsp3) is 0.444. The molecule has 0 amide bonds. The summed E-state index contributed by atoms with van der Waals surface area (Å²) in [6.45, 7) is 4.00. The molecule has 142 valence electrons. The van der Waals surface area contributed by atoms with Gasteiger partial charge in [0.05, 0.1) is 18.8 Å². The molecule has 26 heavy (non-hydrogen) atoms. The van der Waals surface area contributed by atoms with E-state index in [1.807, 2.05) is 43.2 Å². The van der Waals surface area contributed by atoms with E-state index in [0.29, 0.717) is 23.1 Å². The maximum absolute atomic E-state index is 6.23. The van der Waals surface area contributed by atoms with E-state index in [1.165, 1.54) is 0 Å². The Morgan fingerprint density at radius 1 is 1.31 bits per heavy atom. The van der Waals surface area contributed by atoms with E-state index in [2.05, 4.69) is 39.7 Å². The second-order valence-corrected chi connectivity index (χ2v) is 7.08. The van der Waals surface area contributed by atoms with Crippen LogP contribution in [0.3, 0.4) is 0 Å². The SMILES string of the molecule is CCNC(=NCc1ccc(Cl)cc1Cl)NCC(c1cnn(C)c1)N(C)C. The van der Waals surface area contributed by atoms with Gasteiger partial charge >= 0.3 is 0 Å². The summed E-state index contributed by atoms with van der Waals surface area (Å²) in [6.07, 6.45) is 3.92. The lowest BCUT2D eigenvalue weighted by Gasteiger charge is -2.24. The Kier molecular flexibility index (Phi) is 7.75. The van der Waals surface area contributed by atoms with Crippen LogP contribution in [-0.4, -0.2) is 47.8 Å². The van der Waals surface area contributed by atoms with Crippen molar-refractivity contribution < 1.29 is 0 Å². The zero-order valence-electron chi connectivity index (χ0n) is 15.6. The summed E-state index contributed by atoms with van der Waals surface area (Å²) < 4.78 is 1.81. The van der Waals surface area contributed by atoms with Crippen LogP contribution in [0.15, 0.2) is 35.6 Å². The van der Waals surface area contributed by atoms with Gasteiger partial charge in [-0.15, -0.1) is 0 Å². The van der Waals surface area contributed by atoms with Crippen molar-refractivity contribution in [2.45, 2.75) is 19.5 Å². The number of hydrogen-bond acceptors (Lipinski definition) is 3. The van der Waals surface area contributed by atoms with E-state index in [0.717, 1.165) is 23.6 Å². The van der Waals surface area contributed by atoms with E-state index in [9.17, 15) is 0 Å². The minimum Gasteiger partial charge on any atom is -0.357 e. The first-order valence-electron chi connectivity index (χ1n) is 8.51. The molecule has 0 aliphatic carbocycles. The highest BCUT2D eigenvalue weighted by atomic mass is 35.5. The zero-order chi connectivity index (χ0) is 19.1. The van der Waals surface area contributed by atoms with Gasteiger partial charge in [-0.2, -0.15) is 5.10 Å². The summed E-state index contributed by atoms with van der Waals surface area (Å²) >= 11 is 12.2. The molecule has 1 heterocycles. The maximum atomic E-state index is 6.23. The molecular formula is C18H26Cl2N6. The van der Waals surface area contributed by atoms with Crippen molar-refractivity contribution in [1.82, 2.24) is 25.3 Å². The predicted molar refractivity (Wildman–Crippen MR) is 109 cm³/mol. The summed E-state index contributed by atoms with van der Waals surface area (Å²) in [5.74, 6) is 0.745. The van der Waals surface area contributed by atoms with Gasteiger partial charge in [0.25, 0.3) is 0 Å².